The molecule has 0 saturated carbocycles. The zero-order chi connectivity index (χ0) is 10.1. The van der Waals surface area contributed by atoms with E-state index >= 15 is 0 Å². The summed E-state index contributed by atoms with van der Waals surface area (Å²) >= 11 is 1.17. The Hall–Kier alpha value is -0.688. The van der Waals surface area contributed by atoms with E-state index in [1.165, 1.54) is 22.0 Å². The molecule has 0 aromatic carbocycles. The van der Waals surface area contributed by atoms with Gasteiger partial charge in [-0.3, -0.25) is 0 Å². The molecule has 0 amide bonds. The van der Waals surface area contributed by atoms with Gasteiger partial charge in [-0.15, -0.1) is 19.0 Å². The second kappa shape index (κ2) is 10.4. The molecule has 1 aromatic heterocycles. The van der Waals surface area contributed by atoms with E-state index in [1.807, 2.05) is 24.5 Å². The summed E-state index contributed by atoms with van der Waals surface area (Å²) in [5.41, 5.74) is 0. The standard InChI is InChI=1S/C9H12N2.Al.ClH.O/c1-3-5-9-10-6-8-11(9)7-4-2;;;/h3-4,6,8H,1-2,5,7H2;;1H;/p+1. The van der Waals surface area contributed by atoms with Crippen LogP contribution in [0, 0.1) is 0 Å². The third-order valence-electron chi connectivity index (χ3n) is 1.51. The average Bonchev–Trinajstić information content (AvgIpc) is 2.58. The first-order chi connectivity index (χ1) is 6.38. The van der Waals surface area contributed by atoms with E-state index in [9.17, 15) is 0 Å². The van der Waals surface area contributed by atoms with Gasteiger partial charge in [0.15, 0.2) is 0 Å². The van der Waals surface area contributed by atoms with Crippen molar-refractivity contribution < 1.29 is 8.37 Å². The molecule has 3 nitrogen and oxygen atoms in total. The van der Waals surface area contributed by atoms with Crippen LogP contribution in [0.3, 0.4) is 0 Å². The number of halogens is 1. The van der Waals surface area contributed by atoms with Crippen LogP contribution in [-0.2, 0) is 16.8 Å². The molecule has 0 atom stereocenters. The molecule has 1 heterocycles. The molecule has 1 radical (unpaired) electrons. The van der Waals surface area contributed by atoms with Crippen molar-refractivity contribution >= 4 is 28.6 Å². The molecule has 0 saturated heterocycles. The quantitative estimate of drug-likeness (QED) is 0.468. The Morgan fingerprint density at radius 2 is 2.07 bits per heavy atom. The summed E-state index contributed by atoms with van der Waals surface area (Å²) in [6.45, 7) is 8.21. The third kappa shape index (κ3) is 5.13. The number of hydrogen-bond acceptors (Lipinski definition) is 1. The van der Waals surface area contributed by atoms with Crippen molar-refractivity contribution in [2.75, 3.05) is 0 Å². The van der Waals surface area contributed by atoms with Crippen molar-refractivity contribution in [1.82, 2.24) is 4.98 Å². The topological polar surface area (TPSA) is 36.7 Å². The molecule has 0 aliphatic rings. The number of rotatable bonds is 4. The molecular formula is C9H14AlClN2O+. The second-order valence-electron chi connectivity index (χ2n) is 2.34. The van der Waals surface area contributed by atoms with Gasteiger partial charge in [0.05, 0.1) is 6.42 Å². The molecule has 0 spiro atoms. The first-order valence-electron chi connectivity index (χ1n) is 3.89. The van der Waals surface area contributed by atoms with Crippen LogP contribution in [-0.4, -0.2) is 21.2 Å². The van der Waals surface area contributed by atoms with Crippen LogP contribution in [0.4, 0.5) is 0 Å². The number of nitrogens with zero attached hydrogens (tertiary/aromatic N) is 1. The number of allylic oxidation sites excluding steroid dienone is 2. The Kier molecular flexibility index (Phi) is 11.7. The summed E-state index contributed by atoms with van der Waals surface area (Å²) in [5.74, 6) is 1.17. The van der Waals surface area contributed by atoms with Gasteiger partial charge in [0.25, 0.3) is 5.82 Å². The van der Waals surface area contributed by atoms with Gasteiger partial charge in [-0.1, -0.05) is 18.7 Å². The fourth-order valence-electron chi connectivity index (χ4n) is 1.02. The Labute approximate surface area is 98.6 Å². The summed E-state index contributed by atoms with van der Waals surface area (Å²) in [7, 11) is 0. The summed E-state index contributed by atoms with van der Waals surface area (Å²) in [6.07, 6.45) is 8.55. The molecule has 1 N–H and O–H groups in total. The fraction of sp³-hybridized carbons (Fsp3) is 0.222. The summed E-state index contributed by atoms with van der Waals surface area (Å²) in [4.78, 5) is 3.14. The first-order valence-corrected chi connectivity index (χ1v) is 4.36. The SMILES string of the molecule is C=CCc1[nH]cc[n+]1CC=C.Cl.[O]=[Al]. The van der Waals surface area contributed by atoms with Gasteiger partial charge in [-0.25, -0.2) is 9.55 Å². The van der Waals surface area contributed by atoms with E-state index in [0.29, 0.717) is 0 Å². The molecule has 5 heteroatoms. The summed E-state index contributed by atoms with van der Waals surface area (Å²) < 4.78 is 10.3. The van der Waals surface area contributed by atoms with Gasteiger partial charge in [0.2, 0.25) is 0 Å². The van der Waals surface area contributed by atoms with E-state index in [1.54, 1.807) is 0 Å². The van der Waals surface area contributed by atoms with Gasteiger partial charge in [-0.05, 0) is 0 Å². The van der Waals surface area contributed by atoms with Crippen LogP contribution >= 0.6 is 12.4 Å². The number of aromatic amines is 1. The van der Waals surface area contributed by atoms with E-state index in [0.717, 1.165) is 13.0 Å². The van der Waals surface area contributed by atoms with Gasteiger partial charge >= 0.3 is 20.0 Å². The van der Waals surface area contributed by atoms with E-state index in [-0.39, 0.29) is 12.4 Å². The van der Waals surface area contributed by atoms with E-state index in [4.69, 9.17) is 3.80 Å². The molecular weight excluding hydrogens is 215 g/mol. The van der Waals surface area contributed by atoms with Crippen molar-refractivity contribution in [3.05, 3.63) is 43.5 Å². The first kappa shape index (κ1) is 15.8. The predicted octanol–water partition coefficient (Wildman–Crippen LogP) is 1.14. The zero-order valence-electron chi connectivity index (χ0n) is 7.98. The molecule has 0 aliphatic carbocycles. The molecule has 0 bridgehead atoms. The molecule has 1 aromatic rings. The molecule has 0 aliphatic heterocycles. The average molecular weight is 229 g/mol. The Bertz CT molecular complexity index is 251. The fourth-order valence-corrected chi connectivity index (χ4v) is 1.02. The van der Waals surface area contributed by atoms with Crippen LogP contribution < -0.4 is 4.57 Å². The van der Waals surface area contributed by atoms with Crippen LogP contribution in [0.15, 0.2) is 37.7 Å². The van der Waals surface area contributed by atoms with Crippen molar-refractivity contribution in [1.29, 1.82) is 0 Å². The second-order valence-corrected chi connectivity index (χ2v) is 2.34. The number of nitrogens with one attached hydrogen (secondary N) is 1. The number of imidazole rings is 1. The summed E-state index contributed by atoms with van der Waals surface area (Å²) in [5, 5.41) is 0. The van der Waals surface area contributed by atoms with E-state index in [2.05, 4.69) is 22.7 Å². The molecule has 14 heavy (non-hydrogen) atoms. The number of aromatic nitrogens is 2. The molecule has 0 fully saturated rings. The minimum absolute atomic E-state index is 0. The third-order valence-corrected chi connectivity index (χ3v) is 1.51. The Balaban J connectivity index is 0. The van der Waals surface area contributed by atoms with Crippen molar-refractivity contribution in [2.45, 2.75) is 13.0 Å². The van der Waals surface area contributed by atoms with Crippen LogP contribution in [0.1, 0.15) is 5.82 Å². The van der Waals surface area contributed by atoms with Gasteiger partial charge in [-0.2, -0.15) is 0 Å². The van der Waals surface area contributed by atoms with Gasteiger partial charge in [0, 0.05) is 0 Å². The molecule has 0 unspecified atom stereocenters. The van der Waals surface area contributed by atoms with Crippen molar-refractivity contribution in [2.24, 2.45) is 0 Å². The van der Waals surface area contributed by atoms with Crippen LogP contribution in [0.5, 0.6) is 0 Å². The van der Waals surface area contributed by atoms with Crippen molar-refractivity contribution in [3.63, 3.8) is 0 Å². The minimum atomic E-state index is 0. The van der Waals surface area contributed by atoms with Gasteiger partial charge in [0.1, 0.15) is 18.9 Å². The van der Waals surface area contributed by atoms with Gasteiger partial charge < -0.3 is 0 Å². The molecule has 1 rings (SSSR count). The van der Waals surface area contributed by atoms with Crippen LogP contribution in [0.25, 0.3) is 0 Å². The number of hydrogen-bond donors (Lipinski definition) is 1. The normalized spacial score (nSPS) is 7.64. The maximum absolute atomic E-state index is 8.17. The monoisotopic (exact) mass is 228 g/mol. The number of H-pyrrole nitrogens is 1. The summed E-state index contributed by atoms with van der Waals surface area (Å²) in [6, 6.07) is 0. The Morgan fingerprint density at radius 3 is 2.57 bits per heavy atom. The van der Waals surface area contributed by atoms with E-state index < -0.39 is 0 Å². The Morgan fingerprint density at radius 1 is 1.43 bits per heavy atom. The molecule has 75 valence electrons. The maximum atomic E-state index is 8.17. The van der Waals surface area contributed by atoms with Crippen molar-refractivity contribution in [3.8, 4) is 0 Å². The van der Waals surface area contributed by atoms with Crippen LogP contribution in [0.2, 0.25) is 0 Å². The zero-order valence-corrected chi connectivity index (χ0v) is 9.95. The predicted molar refractivity (Wildman–Crippen MR) is 58.8 cm³/mol.